The number of aliphatic hydroxyl groups excluding tert-OH is 1. The van der Waals surface area contributed by atoms with E-state index in [1.165, 1.54) is 0 Å². The lowest BCUT2D eigenvalue weighted by atomic mass is 9.66. The van der Waals surface area contributed by atoms with E-state index in [9.17, 15) is 9.90 Å². The molecule has 0 radical (unpaired) electrons. The number of methoxy groups -OCH3 is 1. The molecule has 0 aromatic heterocycles. The zero-order valence-corrected chi connectivity index (χ0v) is 20.5. The first kappa shape index (κ1) is 26.1. The van der Waals surface area contributed by atoms with Crippen LogP contribution in [0.3, 0.4) is 0 Å². The lowest BCUT2D eigenvalue weighted by molar-refractivity contribution is 0.0126. The number of carbonyl (C=O) groups is 1. The van der Waals surface area contributed by atoms with Gasteiger partial charge in [-0.25, -0.2) is 4.79 Å². The van der Waals surface area contributed by atoms with Crippen molar-refractivity contribution in [3.63, 3.8) is 0 Å². The van der Waals surface area contributed by atoms with Crippen molar-refractivity contribution in [1.29, 1.82) is 0 Å². The molecule has 0 heterocycles. The van der Waals surface area contributed by atoms with Gasteiger partial charge in [-0.1, -0.05) is 51.1 Å². The third-order valence-corrected chi connectivity index (χ3v) is 6.86. The summed E-state index contributed by atoms with van der Waals surface area (Å²) >= 11 is 0. The first-order valence-electron chi connectivity index (χ1n) is 11.1. The predicted octanol–water partition coefficient (Wildman–Crippen LogP) is 5.04. The monoisotopic (exact) mass is 463 g/mol. The maximum absolute atomic E-state index is 12.9. The van der Waals surface area contributed by atoms with Gasteiger partial charge in [0.1, 0.15) is 11.3 Å². The Bertz CT molecular complexity index is 855. The van der Waals surface area contributed by atoms with Crippen LogP contribution >= 0.6 is 12.4 Å². The first-order chi connectivity index (χ1) is 14.6. The predicted molar refractivity (Wildman–Crippen MR) is 130 cm³/mol. The number of benzene rings is 1. The van der Waals surface area contributed by atoms with Gasteiger partial charge in [-0.3, -0.25) is 0 Å². The second kappa shape index (κ2) is 10.2. The molecule has 3 rings (SSSR count). The van der Waals surface area contributed by atoms with Crippen molar-refractivity contribution >= 4 is 18.4 Å². The Labute approximate surface area is 198 Å². The average molecular weight is 464 g/mol. The van der Waals surface area contributed by atoms with Gasteiger partial charge in [0, 0.05) is 19.0 Å². The van der Waals surface area contributed by atoms with E-state index in [0.717, 1.165) is 36.8 Å². The average Bonchev–Trinajstić information content (AvgIpc) is 2.72. The summed E-state index contributed by atoms with van der Waals surface area (Å²) < 4.78 is 5.96. The Morgan fingerprint density at radius 2 is 1.78 bits per heavy atom. The van der Waals surface area contributed by atoms with Crippen molar-refractivity contribution in [2.24, 2.45) is 22.8 Å². The zero-order chi connectivity index (χ0) is 22.8. The number of nitrogens with zero attached hydrogens (tertiary/aromatic N) is 1. The molecule has 1 fully saturated rings. The van der Waals surface area contributed by atoms with E-state index in [4.69, 9.17) is 16.2 Å². The van der Waals surface area contributed by atoms with E-state index >= 15 is 0 Å². The van der Waals surface area contributed by atoms with Crippen LogP contribution in [0.25, 0.3) is 0 Å². The summed E-state index contributed by atoms with van der Waals surface area (Å²) in [5.74, 6) is 1.06. The Kier molecular flexibility index (Phi) is 8.29. The number of carbonyl (C=O) groups excluding carboxylic acids is 1. The highest BCUT2D eigenvalue weighted by atomic mass is 35.5. The van der Waals surface area contributed by atoms with E-state index in [1.54, 1.807) is 12.0 Å². The molecule has 1 saturated carbocycles. The van der Waals surface area contributed by atoms with E-state index in [0.29, 0.717) is 18.1 Å². The van der Waals surface area contributed by atoms with Crippen LogP contribution in [0.5, 0.6) is 0 Å². The maximum Gasteiger partial charge on any atom is 0.315 e. The fourth-order valence-corrected chi connectivity index (χ4v) is 5.23. The van der Waals surface area contributed by atoms with Gasteiger partial charge < -0.3 is 26.2 Å². The minimum atomic E-state index is -0.852. The lowest BCUT2D eigenvalue weighted by Crippen LogP contribution is -2.61. The summed E-state index contributed by atoms with van der Waals surface area (Å²) in [6, 6.07) is 9.45. The third kappa shape index (κ3) is 5.07. The quantitative estimate of drug-likeness (QED) is 0.569. The molecule has 7 heteroatoms. The minimum Gasteiger partial charge on any atom is -0.512 e. The number of aliphatic hydroxyl groups is 1. The van der Waals surface area contributed by atoms with Crippen molar-refractivity contribution in [3.05, 3.63) is 59.1 Å². The number of hydrogen-bond acceptors (Lipinski definition) is 4. The van der Waals surface area contributed by atoms with Gasteiger partial charge in [-0.2, -0.15) is 0 Å². The zero-order valence-electron chi connectivity index (χ0n) is 19.6. The van der Waals surface area contributed by atoms with Gasteiger partial charge in [-0.15, -0.1) is 12.4 Å². The summed E-state index contributed by atoms with van der Waals surface area (Å²) in [6.45, 7) is 6.53. The van der Waals surface area contributed by atoms with Crippen LogP contribution in [0.15, 0.2) is 53.5 Å². The van der Waals surface area contributed by atoms with Crippen molar-refractivity contribution in [3.8, 4) is 0 Å². The number of nitrogens with two attached hydrogens (primary N) is 2. The SMILES string of the molecule is COC1=CC(C(C)(C)C)=C(O)CC1(C1CCC(N)CC1)N(Cc1ccccc1)C(N)=O.Cl. The van der Waals surface area contributed by atoms with Crippen molar-refractivity contribution in [1.82, 2.24) is 4.90 Å². The van der Waals surface area contributed by atoms with Crippen LogP contribution in [0.2, 0.25) is 0 Å². The van der Waals surface area contributed by atoms with Crippen molar-refractivity contribution in [2.45, 2.75) is 71.0 Å². The van der Waals surface area contributed by atoms with E-state index < -0.39 is 11.6 Å². The summed E-state index contributed by atoms with van der Waals surface area (Å²) in [5, 5.41) is 11.2. The Morgan fingerprint density at radius 3 is 2.28 bits per heavy atom. The molecular weight excluding hydrogens is 426 g/mol. The number of hydrogen-bond donors (Lipinski definition) is 3. The van der Waals surface area contributed by atoms with Crippen molar-refractivity contribution in [2.75, 3.05) is 7.11 Å². The molecule has 2 amide bonds. The molecule has 1 aromatic rings. The summed E-state index contributed by atoms with van der Waals surface area (Å²) in [4.78, 5) is 14.6. The second-order valence-corrected chi connectivity index (χ2v) is 9.95. The highest BCUT2D eigenvalue weighted by molar-refractivity contribution is 5.85. The molecule has 5 N–H and O–H groups in total. The number of ether oxygens (including phenoxy) is 1. The lowest BCUT2D eigenvalue weighted by Gasteiger charge is -2.52. The molecule has 0 spiro atoms. The Morgan fingerprint density at radius 1 is 1.19 bits per heavy atom. The van der Waals surface area contributed by atoms with Gasteiger partial charge >= 0.3 is 6.03 Å². The van der Waals surface area contributed by atoms with Gasteiger partial charge in [0.2, 0.25) is 0 Å². The maximum atomic E-state index is 12.9. The summed E-state index contributed by atoms with van der Waals surface area (Å²) in [5.41, 5.74) is 12.9. The fourth-order valence-electron chi connectivity index (χ4n) is 5.23. The number of rotatable bonds is 5. The molecule has 178 valence electrons. The highest BCUT2D eigenvalue weighted by Crippen LogP contribution is 2.50. The Balaban J connectivity index is 0.00000363. The molecule has 6 nitrogen and oxygen atoms in total. The summed E-state index contributed by atoms with van der Waals surface area (Å²) in [7, 11) is 1.64. The molecule has 1 aromatic carbocycles. The molecular formula is C25H38ClN3O3. The van der Waals surface area contributed by atoms with Crippen LogP contribution in [0.4, 0.5) is 4.79 Å². The molecule has 0 bridgehead atoms. The first-order valence-corrected chi connectivity index (χ1v) is 11.1. The fraction of sp³-hybridized carbons (Fsp3) is 0.560. The summed E-state index contributed by atoms with van der Waals surface area (Å²) in [6.07, 6.45) is 5.65. The van der Waals surface area contributed by atoms with Gasteiger partial charge in [0.25, 0.3) is 0 Å². The molecule has 1 atom stereocenters. The molecule has 2 aliphatic rings. The topological polar surface area (TPSA) is 102 Å². The van der Waals surface area contributed by atoms with E-state index in [-0.39, 0.29) is 36.2 Å². The number of halogens is 1. The van der Waals surface area contributed by atoms with Crippen molar-refractivity contribution < 1.29 is 14.6 Å². The van der Waals surface area contributed by atoms with Gasteiger partial charge in [0.15, 0.2) is 0 Å². The van der Waals surface area contributed by atoms with Crippen LogP contribution in [0, 0.1) is 11.3 Å². The highest BCUT2D eigenvalue weighted by Gasteiger charge is 2.53. The number of primary amides is 1. The van der Waals surface area contributed by atoms with Crippen LogP contribution in [-0.2, 0) is 11.3 Å². The second-order valence-electron chi connectivity index (χ2n) is 9.95. The van der Waals surface area contributed by atoms with Gasteiger partial charge in [0.05, 0.1) is 12.9 Å². The molecule has 2 aliphatic carbocycles. The molecule has 0 saturated heterocycles. The van der Waals surface area contributed by atoms with Gasteiger partial charge in [-0.05, 0) is 54.2 Å². The molecule has 32 heavy (non-hydrogen) atoms. The standard InChI is InChI=1S/C25H37N3O3.ClH/c1-24(2,3)20-14-22(31-4)25(15-21(20)29,18-10-12-19(26)13-11-18)28(23(27)30)16-17-8-6-5-7-9-17;/h5-9,14,18-19,29H,10-13,15-16,26H2,1-4H3,(H2,27,30);1H. The van der Waals surface area contributed by atoms with Crippen LogP contribution in [-0.4, -0.2) is 34.7 Å². The molecule has 0 aliphatic heterocycles. The third-order valence-electron chi connectivity index (χ3n) is 6.86. The van der Waals surface area contributed by atoms with E-state index in [1.807, 2.05) is 36.4 Å². The minimum absolute atomic E-state index is 0. The molecule has 1 unspecified atom stereocenters. The number of allylic oxidation sites excluding steroid dienone is 2. The number of urea groups is 1. The Hall–Kier alpha value is -2.18. The smallest absolute Gasteiger partial charge is 0.315 e. The number of amides is 2. The van der Waals surface area contributed by atoms with Crippen LogP contribution < -0.4 is 11.5 Å². The van der Waals surface area contributed by atoms with E-state index in [2.05, 4.69) is 20.8 Å². The van der Waals surface area contributed by atoms with Crippen LogP contribution in [0.1, 0.15) is 58.4 Å². The largest absolute Gasteiger partial charge is 0.512 e. The normalized spacial score (nSPS) is 26.1.